The van der Waals surface area contributed by atoms with Crippen molar-refractivity contribution in [3.05, 3.63) is 58.8 Å². The fourth-order valence-corrected chi connectivity index (χ4v) is 4.85. The zero-order valence-corrected chi connectivity index (χ0v) is 21.3. The van der Waals surface area contributed by atoms with E-state index in [2.05, 4.69) is 65.0 Å². The maximum atomic E-state index is 13.1. The first-order valence-electron chi connectivity index (χ1n) is 12.2. The molecule has 1 aliphatic rings. The van der Waals surface area contributed by atoms with Gasteiger partial charge in [-0.2, -0.15) is 0 Å². The van der Waals surface area contributed by atoms with Gasteiger partial charge in [-0.1, -0.05) is 51.1 Å². The molecule has 0 unspecified atom stereocenters. The maximum Gasteiger partial charge on any atom is 0.257 e. The molecular weight excluding hydrogens is 446 g/mol. The van der Waals surface area contributed by atoms with Gasteiger partial charge in [-0.05, 0) is 34.9 Å². The van der Waals surface area contributed by atoms with Gasteiger partial charge in [-0.15, -0.1) is 21.5 Å². The molecule has 182 valence electrons. The molecule has 0 aliphatic carbocycles. The van der Waals surface area contributed by atoms with Gasteiger partial charge in [0.2, 0.25) is 11.8 Å². The number of thiophene rings is 1. The molecule has 0 bridgehead atoms. The van der Waals surface area contributed by atoms with Crippen molar-refractivity contribution in [1.29, 1.82) is 0 Å². The summed E-state index contributed by atoms with van der Waals surface area (Å²) in [7, 11) is 0. The summed E-state index contributed by atoms with van der Waals surface area (Å²) in [5.41, 5.74) is 2.73. The molecule has 1 aromatic carbocycles. The largest absolute Gasteiger partial charge is 0.418 e. The predicted molar refractivity (Wildman–Crippen MR) is 136 cm³/mol. The lowest BCUT2D eigenvalue weighted by Gasteiger charge is -2.35. The van der Waals surface area contributed by atoms with E-state index in [0.29, 0.717) is 37.3 Å². The molecule has 1 aliphatic heterocycles. The Morgan fingerprint density at radius 1 is 1.09 bits per heavy atom. The first-order valence-corrected chi connectivity index (χ1v) is 13.1. The molecule has 4 rings (SSSR count). The zero-order chi connectivity index (χ0) is 23.9. The Morgan fingerprint density at radius 3 is 2.47 bits per heavy atom. The smallest absolute Gasteiger partial charge is 0.257 e. The lowest BCUT2D eigenvalue weighted by Crippen LogP contribution is -2.49. The molecule has 0 atom stereocenters. The van der Waals surface area contributed by atoms with E-state index in [9.17, 15) is 4.79 Å². The Morgan fingerprint density at radius 2 is 1.82 bits per heavy atom. The Kier molecular flexibility index (Phi) is 8.48. The summed E-state index contributed by atoms with van der Waals surface area (Å²) in [5, 5.41) is 10.3. The van der Waals surface area contributed by atoms with Crippen molar-refractivity contribution >= 4 is 17.2 Å². The Bertz CT molecular complexity index is 1020. The molecule has 8 heteroatoms. The number of hydrogen-bond acceptors (Lipinski definition) is 7. The van der Waals surface area contributed by atoms with Crippen LogP contribution in [0.15, 0.2) is 46.2 Å². The van der Waals surface area contributed by atoms with Gasteiger partial charge in [-0.3, -0.25) is 14.6 Å². The number of piperazine rings is 1. The molecule has 0 N–H and O–H groups in total. The molecule has 3 heterocycles. The van der Waals surface area contributed by atoms with Gasteiger partial charge in [0.05, 0.1) is 18.0 Å². The van der Waals surface area contributed by atoms with Crippen LogP contribution in [0.2, 0.25) is 0 Å². The van der Waals surface area contributed by atoms with E-state index in [-0.39, 0.29) is 5.91 Å². The number of amides is 1. The van der Waals surface area contributed by atoms with Gasteiger partial charge in [0, 0.05) is 39.3 Å². The van der Waals surface area contributed by atoms with Crippen molar-refractivity contribution in [3.8, 4) is 10.8 Å². The third kappa shape index (κ3) is 6.52. The predicted octanol–water partition coefficient (Wildman–Crippen LogP) is 4.48. The highest BCUT2D eigenvalue weighted by Gasteiger charge is 2.23. The van der Waals surface area contributed by atoms with Crippen LogP contribution in [-0.2, 0) is 17.9 Å². The Labute approximate surface area is 206 Å². The monoisotopic (exact) mass is 481 g/mol. The lowest BCUT2D eigenvalue weighted by atomic mass is 10.0. The van der Waals surface area contributed by atoms with Gasteiger partial charge < -0.3 is 9.32 Å². The van der Waals surface area contributed by atoms with Crippen LogP contribution in [0.4, 0.5) is 0 Å². The number of carbonyl (C=O) groups excluding carboxylic acids is 1. The standard InChI is InChI=1S/C26H35N5O2S/c1-4-11-31(18-24-27-28-26(33-24)23-6-5-16-34-23)25(32)19-30-14-12-29(13-15-30)17-21-7-9-22(10-8-21)20(2)3/h5-10,16,20H,4,11-15,17-19H2,1-3H3. The summed E-state index contributed by atoms with van der Waals surface area (Å²) in [6, 6.07) is 12.9. The first-order chi connectivity index (χ1) is 16.5. The SMILES string of the molecule is CCCN(Cc1nnc(-c2cccs2)o1)C(=O)CN1CCN(Cc2ccc(C(C)C)cc2)CC1. The maximum absolute atomic E-state index is 13.1. The van der Waals surface area contributed by atoms with Crippen molar-refractivity contribution in [2.45, 2.75) is 46.2 Å². The van der Waals surface area contributed by atoms with E-state index in [1.54, 1.807) is 11.3 Å². The molecule has 0 saturated carbocycles. The van der Waals surface area contributed by atoms with Crippen LogP contribution in [-0.4, -0.2) is 70.1 Å². The molecule has 34 heavy (non-hydrogen) atoms. The van der Waals surface area contributed by atoms with Crippen LogP contribution in [0, 0.1) is 0 Å². The number of nitrogens with zero attached hydrogens (tertiary/aromatic N) is 5. The number of aromatic nitrogens is 2. The normalized spacial score (nSPS) is 15.2. The molecule has 7 nitrogen and oxygen atoms in total. The van der Waals surface area contributed by atoms with Crippen molar-refractivity contribution in [2.75, 3.05) is 39.3 Å². The van der Waals surface area contributed by atoms with E-state index in [4.69, 9.17) is 4.42 Å². The molecule has 1 fully saturated rings. The molecule has 0 spiro atoms. The highest BCUT2D eigenvalue weighted by atomic mass is 32.1. The van der Waals surface area contributed by atoms with Gasteiger partial charge >= 0.3 is 0 Å². The first kappa shape index (κ1) is 24.6. The summed E-state index contributed by atoms with van der Waals surface area (Å²) < 4.78 is 5.81. The van der Waals surface area contributed by atoms with E-state index in [1.165, 1.54) is 11.1 Å². The highest BCUT2D eigenvalue weighted by Crippen LogP contribution is 2.23. The Balaban J connectivity index is 1.26. The quantitative estimate of drug-likeness (QED) is 0.425. The second-order valence-electron chi connectivity index (χ2n) is 9.24. The van der Waals surface area contributed by atoms with Crippen molar-refractivity contribution in [1.82, 2.24) is 24.9 Å². The number of hydrogen-bond donors (Lipinski definition) is 0. The molecule has 1 amide bonds. The second-order valence-corrected chi connectivity index (χ2v) is 10.2. The lowest BCUT2D eigenvalue weighted by molar-refractivity contribution is -0.133. The van der Waals surface area contributed by atoms with Crippen LogP contribution < -0.4 is 0 Å². The minimum atomic E-state index is 0.121. The summed E-state index contributed by atoms with van der Waals surface area (Å²) in [5.74, 6) is 1.68. The number of carbonyl (C=O) groups is 1. The van der Waals surface area contributed by atoms with Crippen LogP contribution in [0.3, 0.4) is 0 Å². The van der Waals surface area contributed by atoms with Gasteiger partial charge in [0.15, 0.2) is 0 Å². The van der Waals surface area contributed by atoms with Crippen LogP contribution >= 0.6 is 11.3 Å². The number of benzene rings is 1. The van der Waals surface area contributed by atoms with Gasteiger partial charge in [0.1, 0.15) is 0 Å². The zero-order valence-electron chi connectivity index (χ0n) is 20.4. The van der Waals surface area contributed by atoms with Crippen LogP contribution in [0.5, 0.6) is 0 Å². The number of rotatable bonds is 10. The van der Waals surface area contributed by atoms with E-state index in [1.807, 2.05) is 22.4 Å². The fraction of sp³-hybridized carbons (Fsp3) is 0.500. The van der Waals surface area contributed by atoms with E-state index < -0.39 is 0 Å². The molecule has 1 saturated heterocycles. The van der Waals surface area contributed by atoms with Crippen LogP contribution in [0.25, 0.3) is 10.8 Å². The van der Waals surface area contributed by atoms with Crippen LogP contribution in [0.1, 0.15) is 50.1 Å². The van der Waals surface area contributed by atoms with Crippen molar-refractivity contribution in [3.63, 3.8) is 0 Å². The molecule has 3 aromatic rings. The molecule has 0 radical (unpaired) electrons. The summed E-state index contributed by atoms with van der Waals surface area (Å²) in [4.78, 5) is 20.6. The third-order valence-corrected chi connectivity index (χ3v) is 7.11. The van der Waals surface area contributed by atoms with E-state index in [0.717, 1.165) is 44.0 Å². The fourth-order valence-electron chi connectivity index (χ4n) is 4.21. The molecular formula is C26H35N5O2S. The Hall–Kier alpha value is -2.55. The summed E-state index contributed by atoms with van der Waals surface area (Å²) >= 11 is 1.56. The second kappa shape index (κ2) is 11.7. The summed E-state index contributed by atoms with van der Waals surface area (Å²) in [6.07, 6.45) is 0.890. The average molecular weight is 482 g/mol. The topological polar surface area (TPSA) is 65.7 Å². The van der Waals surface area contributed by atoms with Gasteiger partial charge in [0.25, 0.3) is 5.89 Å². The highest BCUT2D eigenvalue weighted by molar-refractivity contribution is 7.13. The molecule has 2 aromatic heterocycles. The average Bonchev–Trinajstić information content (AvgIpc) is 3.52. The van der Waals surface area contributed by atoms with Gasteiger partial charge in [-0.25, -0.2) is 0 Å². The van der Waals surface area contributed by atoms with Crippen molar-refractivity contribution < 1.29 is 9.21 Å². The minimum absolute atomic E-state index is 0.121. The third-order valence-electron chi connectivity index (χ3n) is 6.25. The van der Waals surface area contributed by atoms with E-state index >= 15 is 0 Å². The summed E-state index contributed by atoms with van der Waals surface area (Å²) in [6.45, 7) is 12.7. The van der Waals surface area contributed by atoms with Crippen molar-refractivity contribution in [2.24, 2.45) is 0 Å². The minimum Gasteiger partial charge on any atom is -0.418 e.